The second kappa shape index (κ2) is 6.95. The van der Waals surface area contributed by atoms with Crippen LogP contribution in [0.25, 0.3) is 22.2 Å². The molecule has 1 aliphatic heterocycles. The number of pyridine rings is 2. The Balaban J connectivity index is 0.00000169. The Morgan fingerprint density at radius 1 is 0.958 bits per heavy atom. The van der Waals surface area contributed by atoms with E-state index in [1.165, 1.54) is 11.1 Å². The smallest absolute Gasteiger partial charge is 0.0745 e. The molecule has 1 aromatic carbocycles. The summed E-state index contributed by atoms with van der Waals surface area (Å²) in [6, 6.07) is 14.6. The summed E-state index contributed by atoms with van der Waals surface area (Å²) in [5, 5.41) is 1.23. The first-order valence-electron chi connectivity index (χ1n) is 8.05. The lowest BCUT2D eigenvalue weighted by Crippen LogP contribution is -2.44. The van der Waals surface area contributed by atoms with E-state index in [-0.39, 0.29) is 5.48 Å². The zero-order valence-corrected chi connectivity index (χ0v) is 13.8. The fraction of sp³-hybridized carbons (Fsp3) is 0.263. The summed E-state index contributed by atoms with van der Waals surface area (Å²) in [4.78, 5) is 13.9. The normalized spacial score (nSPS) is 15.3. The van der Waals surface area contributed by atoms with Crippen molar-refractivity contribution in [2.75, 3.05) is 38.1 Å². The molecule has 5 nitrogen and oxygen atoms in total. The zero-order chi connectivity index (χ0) is 15.6. The van der Waals surface area contributed by atoms with Gasteiger partial charge in [-0.1, -0.05) is 18.2 Å². The van der Waals surface area contributed by atoms with Gasteiger partial charge in [0.1, 0.15) is 0 Å². The molecule has 3 aromatic rings. The van der Waals surface area contributed by atoms with Crippen molar-refractivity contribution in [2.45, 2.75) is 0 Å². The Hall–Kier alpha value is -2.50. The van der Waals surface area contributed by atoms with Crippen molar-refractivity contribution in [3.63, 3.8) is 0 Å². The molecular formula is C19H22N4O. The largest absolute Gasteiger partial charge is 0.412 e. The maximum Gasteiger partial charge on any atom is 0.0745 e. The number of hydrogen-bond acceptors (Lipinski definition) is 4. The summed E-state index contributed by atoms with van der Waals surface area (Å²) in [5.74, 6) is 0. The van der Waals surface area contributed by atoms with E-state index >= 15 is 0 Å². The summed E-state index contributed by atoms with van der Waals surface area (Å²) in [6.45, 7) is 4.30. The molecule has 5 heteroatoms. The molecule has 0 saturated carbocycles. The van der Waals surface area contributed by atoms with Gasteiger partial charge in [0.15, 0.2) is 0 Å². The van der Waals surface area contributed by atoms with Crippen LogP contribution in [0.3, 0.4) is 0 Å². The molecule has 1 saturated heterocycles. The Bertz CT molecular complexity index is 814. The average Bonchev–Trinajstić information content (AvgIpc) is 2.62. The van der Waals surface area contributed by atoms with Crippen molar-refractivity contribution in [3.8, 4) is 11.3 Å². The average molecular weight is 322 g/mol. The maximum absolute atomic E-state index is 4.84. The first kappa shape index (κ1) is 16.4. The van der Waals surface area contributed by atoms with Crippen molar-refractivity contribution >= 4 is 16.6 Å². The zero-order valence-electron chi connectivity index (χ0n) is 13.8. The van der Waals surface area contributed by atoms with E-state index in [0.29, 0.717) is 0 Å². The van der Waals surface area contributed by atoms with Gasteiger partial charge in [-0.2, -0.15) is 0 Å². The van der Waals surface area contributed by atoms with Crippen molar-refractivity contribution in [3.05, 3.63) is 54.9 Å². The van der Waals surface area contributed by atoms with Crippen LogP contribution in [0, 0.1) is 0 Å². The number of piperazine rings is 1. The van der Waals surface area contributed by atoms with Crippen molar-refractivity contribution < 1.29 is 5.48 Å². The number of anilines is 1. The molecule has 0 spiro atoms. The van der Waals surface area contributed by atoms with Crippen molar-refractivity contribution in [1.29, 1.82) is 0 Å². The number of nitrogens with zero attached hydrogens (tertiary/aromatic N) is 4. The molecule has 0 amide bonds. The quantitative estimate of drug-likeness (QED) is 0.726. The van der Waals surface area contributed by atoms with Gasteiger partial charge in [-0.3, -0.25) is 4.98 Å². The van der Waals surface area contributed by atoms with Crippen LogP contribution in [0.4, 0.5) is 5.69 Å². The third-order valence-corrected chi connectivity index (χ3v) is 4.50. The predicted octanol–water partition coefficient (Wildman–Crippen LogP) is 2.22. The highest BCUT2D eigenvalue weighted by atomic mass is 16.0. The molecule has 0 radical (unpaired) electrons. The van der Waals surface area contributed by atoms with E-state index in [1.807, 2.05) is 12.3 Å². The monoisotopic (exact) mass is 322 g/mol. The third kappa shape index (κ3) is 3.09. The number of benzene rings is 1. The van der Waals surface area contributed by atoms with Gasteiger partial charge in [0.2, 0.25) is 0 Å². The van der Waals surface area contributed by atoms with Crippen molar-refractivity contribution in [1.82, 2.24) is 14.9 Å². The summed E-state index contributed by atoms with van der Waals surface area (Å²) in [5.41, 5.74) is 4.38. The molecule has 0 unspecified atom stereocenters. The minimum atomic E-state index is 0. The van der Waals surface area contributed by atoms with E-state index < -0.39 is 0 Å². The summed E-state index contributed by atoms with van der Waals surface area (Å²) < 4.78 is 0. The Morgan fingerprint density at radius 2 is 1.75 bits per heavy atom. The minimum Gasteiger partial charge on any atom is -0.412 e. The van der Waals surface area contributed by atoms with Crippen LogP contribution in [0.1, 0.15) is 0 Å². The van der Waals surface area contributed by atoms with Crippen LogP contribution in [0.5, 0.6) is 0 Å². The molecule has 1 aliphatic rings. The standard InChI is InChI=1S/C19H20N4.H2O/c1-22-9-11-23(12-10-22)19-13-18(15-5-4-8-20-14-15)21-17-7-3-2-6-16(17)19;/h2-8,13-14H,9-12H2,1H3;1H2. The number of rotatable bonds is 2. The second-order valence-corrected chi connectivity index (χ2v) is 6.08. The van der Waals surface area contributed by atoms with Crippen LogP contribution in [-0.2, 0) is 0 Å². The molecule has 1 fully saturated rings. The van der Waals surface area contributed by atoms with Gasteiger partial charge in [-0.05, 0) is 31.3 Å². The first-order chi connectivity index (χ1) is 11.3. The fourth-order valence-electron chi connectivity index (χ4n) is 3.13. The van der Waals surface area contributed by atoms with E-state index in [1.54, 1.807) is 6.20 Å². The van der Waals surface area contributed by atoms with Gasteiger partial charge in [0.05, 0.1) is 11.2 Å². The number of likely N-dealkylation sites (N-methyl/N-ethyl adjacent to an activating group) is 1. The molecule has 0 bridgehead atoms. The molecule has 4 rings (SSSR count). The highest BCUT2D eigenvalue weighted by Crippen LogP contribution is 2.31. The first-order valence-corrected chi connectivity index (χ1v) is 8.05. The fourth-order valence-corrected chi connectivity index (χ4v) is 3.13. The molecule has 0 aliphatic carbocycles. The van der Waals surface area contributed by atoms with Crippen LogP contribution < -0.4 is 4.90 Å². The van der Waals surface area contributed by atoms with Crippen LogP contribution in [-0.4, -0.2) is 53.6 Å². The lowest BCUT2D eigenvalue weighted by atomic mass is 10.1. The summed E-state index contributed by atoms with van der Waals surface area (Å²) >= 11 is 0. The Kier molecular flexibility index (Phi) is 4.74. The minimum absolute atomic E-state index is 0. The van der Waals surface area contributed by atoms with Crippen LogP contribution in [0.15, 0.2) is 54.9 Å². The number of fused-ring (bicyclic) bond motifs is 1. The summed E-state index contributed by atoms with van der Waals surface area (Å²) in [7, 11) is 2.18. The number of aromatic nitrogens is 2. The molecule has 0 atom stereocenters. The molecular weight excluding hydrogens is 300 g/mol. The lowest BCUT2D eigenvalue weighted by Gasteiger charge is -2.34. The van der Waals surface area contributed by atoms with E-state index in [0.717, 1.165) is 43.0 Å². The SMILES string of the molecule is CN1CCN(c2cc(-c3cccnc3)nc3ccccc23)CC1.O. The maximum atomic E-state index is 4.84. The predicted molar refractivity (Wildman–Crippen MR) is 98.3 cm³/mol. The molecule has 24 heavy (non-hydrogen) atoms. The molecule has 2 aromatic heterocycles. The van der Waals surface area contributed by atoms with Gasteiger partial charge in [0.25, 0.3) is 0 Å². The van der Waals surface area contributed by atoms with Crippen LogP contribution in [0.2, 0.25) is 0 Å². The van der Waals surface area contributed by atoms with Gasteiger partial charge in [-0.15, -0.1) is 0 Å². The summed E-state index contributed by atoms with van der Waals surface area (Å²) in [6.07, 6.45) is 3.68. The van der Waals surface area contributed by atoms with Gasteiger partial charge < -0.3 is 15.3 Å². The van der Waals surface area contributed by atoms with E-state index in [9.17, 15) is 0 Å². The van der Waals surface area contributed by atoms with E-state index in [2.05, 4.69) is 58.2 Å². The second-order valence-electron chi connectivity index (χ2n) is 6.08. The van der Waals surface area contributed by atoms with Crippen molar-refractivity contribution in [2.24, 2.45) is 0 Å². The topological polar surface area (TPSA) is 63.8 Å². The Labute approximate surface area is 141 Å². The van der Waals surface area contributed by atoms with Gasteiger partial charge in [0, 0.05) is 55.2 Å². The van der Waals surface area contributed by atoms with Crippen LogP contribution >= 0.6 is 0 Å². The third-order valence-electron chi connectivity index (χ3n) is 4.50. The molecule has 124 valence electrons. The highest BCUT2D eigenvalue weighted by molar-refractivity contribution is 5.94. The van der Waals surface area contributed by atoms with E-state index in [4.69, 9.17) is 4.98 Å². The Morgan fingerprint density at radius 3 is 2.50 bits per heavy atom. The van der Waals surface area contributed by atoms with Gasteiger partial charge in [-0.25, -0.2) is 4.98 Å². The molecule has 3 heterocycles. The number of hydrogen-bond donors (Lipinski definition) is 0. The highest BCUT2D eigenvalue weighted by Gasteiger charge is 2.18. The number of para-hydroxylation sites is 1. The molecule has 2 N–H and O–H groups in total. The lowest BCUT2D eigenvalue weighted by molar-refractivity contribution is 0.313. The van der Waals surface area contributed by atoms with Gasteiger partial charge >= 0.3 is 0 Å².